The largest absolute Gasteiger partial charge is 0.486 e. The number of hydrogen-bond acceptors (Lipinski definition) is 4. The van der Waals surface area contributed by atoms with Gasteiger partial charge in [-0.2, -0.15) is 17.5 Å². The van der Waals surface area contributed by atoms with Gasteiger partial charge in [-0.15, -0.1) is 0 Å². The van der Waals surface area contributed by atoms with Crippen LogP contribution in [0.3, 0.4) is 0 Å². The second-order valence-electron chi connectivity index (χ2n) is 5.92. The van der Waals surface area contributed by atoms with Crippen molar-refractivity contribution in [3.63, 3.8) is 0 Å². The number of alkyl halides is 3. The van der Waals surface area contributed by atoms with Crippen molar-refractivity contribution in [1.29, 1.82) is 0 Å². The van der Waals surface area contributed by atoms with Crippen LogP contribution in [0, 0.1) is 0 Å². The van der Waals surface area contributed by atoms with Crippen molar-refractivity contribution in [2.75, 3.05) is 20.2 Å². The highest BCUT2D eigenvalue weighted by Crippen LogP contribution is 2.37. The van der Waals surface area contributed by atoms with Crippen molar-refractivity contribution in [3.05, 3.63) is 53.1 Å². The maximum absolute atomic E-state index is 13.3. The summed E-state index contributed by atoms with van der Waals surface area (Å²) in [6, 6.07) is 9.41. The molecule has 2 aromatic carbocycles. The summed E-state index contributed by atoms with van der Waals surface area (Å²) in [4.78, 5) is -0.862. The Balaban J connectivity index is 1.84. The molecule has 0 saturated heterocycles. The van der Waals surface area contributed by atoms with Gasteiger partial charge in [-0.3, -0.25) is 0 Å². The van der Waals surface area contributed by atoms with E-state index in [0.717, 1.165) is 16.4 Å². The van der Waals surface area contributed by atoms with Crippen molar-refractivity contribution >= 4 is 21.6 Å². The van der Waals surface area contributed by atoms with Crippen LogP contribution in [-0.2, 0) is 16.2 Å². The highest BCUT2D eigenvalue weighted by molar-refractivity contribution is 7.89. The minimum Gasteiger partial charge on any atom is -0.486 e. The predicted octanol–water partition coefficient (Wildman–Crippen LogP) is 3.82. The zero-order valence-corrected chi connectivity index (χ0v) is 15.6. The molecule has 0 bridgehead atoms. The van der Waals surface area contributed by atoms with Gasteiger partial charge in [0.25, 0.3) is 0 Å². The Morgan fingerprint density at radius 2 is 1.85 bits per heavy atom. The zero-order valence-electron chi connectivity index (χ0n) is 14.0. The van der Waals surface area contributed by atoms with Gasteiger partial charge >= 0.3 is 6.18 Å². The molecule has 0 N–H and O–H groups in total. The van der Waals surface area contributed by atoms with Crippen LogP contribution in [0.15, 0.2) is 47.4 Å². The molecule has 0 saturated carbocycles. The lowest BCUT2D eigenvalue weighted by atomic mass is 10.2. The Morgan fingerprint density at radius 3 is 2.52 bits per heavy atom. The molecular formula is C17H15ClF3NO4S. The molecule has 0 radical (unpaired) electrons. The van der Waals surface area contributed by atoms with Crippen LogP contribution in [0.4, 0.5) is 13.2 Å². The monoisotopic (exact) mass is 421 g/mol. The molecule has 0 spiro atoms. The number of hydrogen-bond donors (Lipinski definition) is 0. The number of ether oxygens (including phenoxy) is 2. The number of para-hydroxylation sites is 2. The average Bonchev–Trinajstić information content (AvgIpc) is 2.60. The third-order valence-electron chi connectivity index (χ3n) is 3.96. The normalized spacial score (nSPS) is 17.2. The molecule has 3 rings (SSSR count). The first kappa shape index (κ1) is 19.8. The number of likely N-dealkylation sites (N-methyl/N-ethyl adjacent to an activating group) is 1. The Kier molecular flexibility index (Phi) is 5.29. The van der Waals surface area contributed by atoms with Gasteiger partial charge < -0.3 is 9.47 Å². The number of halogens is 4. The summed E-state index contributed by atoms with van der Waals surface area (Å²) in [7, 11) is -3.24. The van der Waals surface area contributed by atoms with Gasteiger partial charge in [0, 0.05) is 12.1 Å². The Hall–Kier alpha value is -1.97. The van der Waals surface area contributed by atoms with Gasteiger partial charge in [0.2, 0.25) is 10.0 Å². The zero-order chi connectivity index (χ0) is 19.8. The third-order valence-corrected chi connectivity index (χ3v) is 6.08. The first-order chi connectivity index (χ1) is 12.6. The number of fused-ring (bicyclic) bond motifs is 1. The van der Waals surface area contributed by atoms with Crippen LogP contribution in [0.25, 0.3) is 0 Å². The summed E-state index contributed by atoms with van der Waals surface area (Å²) in [5, 5.41) is -0.204. The third kappa shape index (κ3) is 4.15. The molecule has 1 heterocycles. The van der Waals surface area contributed by atoms with E-state index in [0.29, 0.717) is 17.6 Å². The molecule has 2 aromatic rings. The second-order valence-corrected chi connectivity index (χ2v) is 8.37. The quantitative estimate of drug-likeness (QED) is 0.753. The summed E-state index contributed by atoms with van der Waals surface area (Å²) in [6.45, 7) is -0.111. The maximum Gasteiger partial charge on any atom is 0.417 e. The standard InChI is InChI=1S/C17H15ClF3NO4S/c1-22(9-12-10-25-14-4-2-3-5-15(14)26-12)27(23,24)16-7-6-11(18)8-13(16)17(19,20)21/h2-8,12H,9-10H2,1H3/t12-/m1/s1. The molecule has 1 atom stereocenters. The van der Waals surface area contributed by atoms with Gasteiger partial charge in [0.1, 0.15) is 12.7 Å². The van der Waals surface area contributed by atoms with Crippen molar-refractivity contribution in [3.8, 4) is 11.5 Å². The van der Waals surface area contributed by atoms with E-state index < -0.39 is 32.8 Å². The Morgan fingerprint density at radius 1 is 1.19 bits per heavy atom. The molecule has 1 aliphatic heterocycles. The van der Waals surface area contributed by atoms with Crippen molar-refractivity contribution in [2.45, 2.75) is 17.2 Å². The molecule has 27 heavy (non-hydrogen) atoms. The van der Waals surface area contributed by atoms with Crippen LogP contribution in [-0.4, -0.2) is 39.0 Å². The fourth-order valence-corrected chi connectivity index (χ4v) is 4.22. The van der Waals surface area contributed by atoms with Crippen LogP contribution in [0.5, 0.6) is 11.5 Å². The molecule has 0 unspecified atom stereocenters. The van der Waals surface area contributed by atoms with E-state index in [1.54, 1.807) is 24.3 Å². The lowest BCUT2D eigenvalue weighted by Gasteiger charge is -2.29. The number of benzene rings is 2. The average molecular weight is 422 g/mol. The molecule has 0 amide bonds. The molecule has 10 heteroatoms. The summed E-state index contributed by atoms with van der Waals surface area (Å²) in [5.41, 5.74) is -1.31. The maximum atomic E-state index is 13.3. The molecule has 1 aliphatic rings. The number of nitrogens with zero attached hydrogens (tertiary/aromatic N) is 1. The Labute approximate surface area is 159 Å². The summed E-state index contributed by atoms with van der Waals surface area (Å²) in [5.74, 6) is 0.971. The smallest absolute Gasteiger partial charge is 0.417 e. The lowest BCUT2D eigenvalue weighted by molar-refractivity contribution is -0.139. The first-order valence-corrected chi connectivity index (χ1v) is 9.62. The van der Waals surface area contributed by atoms with Crippen molar-refractivity contribution in [2.24, 2.45) is 0 Å². The van der Waals surface area contributed by atoms with Crippen LogP contribution < -0.4 is 9.47 Å². The first-order valence-electron chi connectivity index (χ1n) is 7.80. The SMILES string of the molecule is CN(C[C@@H]1COc2ccccc2O1)S(=O)(=O)c1ccc(Cl)cc1C(F)(F)F. The summed E-state index contributed by atoms with van der Waals surface area (Å²) >= 11 is 5.61. The van der Waals surface area contributed by atoms with E-state index in [4.69, 9.17) is 21.1 Å². The molecule has 0 aromatic heterocycles. The molecule has 0 aliphatic carbocycles. The Bertz CT molecular complexity index is 949. The summed E-state index contributed by atoms with van der Waals surface area (Å²) in [6.07, 6.45) is -5.53. The molecule has 0 fully saturated rings. The van der Waals surface area contributed by atoms with Gasteiger partial charge in [-0.25, -0.2) is 8.42 Å². The van der Waals surface area contributed by atoms with E-state index in [1.165, 1.54) is 7.05 Å². The van der Waals surface area contributed by atoms with E-state index >= 15 is 0 Å². The molecular weight excluding hydrogens is 407 g/mol. The van der Waals surface area contributed by atoms with Crippen molar-refractivity contribution in [1.82, 2.24) is 4.31 Å². The predicted molar refractivity (Wildman–Crippen MR) is 92.6 cm³/mol. The van der Waals surface area contributed by atoms with Gasteiger partial charge in [-0.1, -0.05) is 23.7 Å². The van der Waals surface area contributed by atoms with E-state index in [1.807, 2.05) is 0 Å². The van der Waals surface area contributed by atoms with Gasteiger partial charge in [-0.05, 0) is 30.3 Å². The van der Waals surface area contributed by atoms with E-state index in [9.17, 15) is 21.6 Å². The van der Waals surface area contributed by atoms with Crippen LogP contribution in [0.1, 0.15) is 5.56 Å². The van der Waals surface area contributed by atoms with E-state index in [2.05, 4.69) is 0 Å². The van der Waals surface area contributed by atoms with Crippen molar-refractivity contribution < 1.29 is 31.1 Å². The number of sulfonamides is 1. The fraction of sp³-hybridized carbons (Fsp3) is 0.294. The van der Waals surface area contributed by atoms with Gasteiger partial charge in [0.05, 0.1) is 17.0 Å². The van der Waals surface area contributed by atoms with Crippen LogP contribution in [0.2, 0.25) is 5.02 Å². The highest BCUT2D eigenvalue weighted by atomic mass is 35.5. The molecule has 5 nitrogen and oxygen atoms in total. The van der Waals surface area contributed by atoms with Crippen LogP contribution >= 0.6 is 11.6 Å². The minimum atomic E-state index is -4.86. The molecule has 146 valence electrons. The fourth-order valence-electron chi connectivity index (χ4n) is 2.65. The topological polar surface area (TPSA) is 55.8 Å². The minimum absolute atomic E-state index is 0.0730. The van der Waals surface area contributed by atoms with Gasteiger partial charge in [0.15, 0.2) is 11.5 Å². The highest BCUT2D eigenvalue weighted by Gasteiger charge is 2.39. The van der Waals surface area contributed by atoms with E-state index in [-0.39, 0.29) is 18.2 Å². The second kappa shape index (κ2) is 7.21. The number of rotatable bonds is 4. The lowest BCUT2D eigenvalue weighted by Crippen LogP contribution is -2.42. The summed E-state index contributed by atoms with van der Waals surface area (Å²) < 4.78 is 77.2.